The first-order valence-corrected chi connectivity index (χ1v) is 7.84. The zero-order valence-corrected chi connectivity index (χ0v) is 13.2. The first-order chi connectivity index (χ1) is 9.99. The van der Waals surface area contributed by atoms with Gasteiger partial charge < -0.3 is 5.11 Å². The number of aromatic nitrogens is 3. The lowest BCUT2D eigenvalue weighted by Gasteiger charge is -2.34. The van der Waals surface area contributed by atoms with Gasteiger partial charge in [0.2, 0.25) is 0 Å². The average molecular weight is 294 g/mol. The molecule has 21 heavy (non-hydrogen) atoms. The molecule has 0 bridgehead atoms. The van der Waals surface area contributed by atoms with Crippen LogP contribution in [0.15, 0.2) is 6.33 Å². The second-order valence-corrected chi connectivity index (χ2v) is 6.36. The van der Waals surface area contributed by atoms with Crippen LogP contribution in [0.25, 0.3) is 0 Å². The van der Waals surface area contributed by atoms with Crippen molar-refractivity contribution in [3.63, 3.8) is 0 Å². The van der Waals surface area contributed by atoms with E-state index in [0.717, 1.165) is 38.2 Å². The molecule has 1 N–H and O–H groups in total. The zero-order valence-electron chi connectivity index (χ0n) is 13.2. The number of carboxylic acid groups (broad SMARTS) is 1. The number of carboxylic acids is 1. The average Bonchev–Trinajstić information content (AvgIpc) is 2.99. The van der Waals surface area contributed by atoms with Crippen LogP contribution in [0.5, 0.6) is 0 Å². The molecular weight excluding hydrogens is 268 g/mol. The first-order valence-electron chi connectivity index (χ1n) is 7.84. The van der Waals surface area contributed by atoms with Crippen LogP contribution in [0, 0.1) is 5.92 Å². The molecule has 0 saturated carbocycles. The largest absolute Gasteiger partial charge is 0.480 e. The molecule has 0 radical (unpaired) electrons. The van der Waals surface area contributed by atoms with Gasteiger partial charge in [-0.05, 0) is 31.7 Å². The van der Waals surface area contributed by atoms with Gasteiger partial charge in [-0.15, -0.1) is 0 Å². The molecule has 1 aliphatic heterocycles. The monoisotopic (exact) mass is 294 g/mol. The third kappa shape index (κ3) is 3.26. The number of hydrogen-bond acceptors (Lipinski definition) is 4. The molecule has 2 rings (SSSR count). The Morgan fingerprint density at radius 2 is 2.29 bits per heavy atom. The maximum Gasteiger partial charge on any atom is 0.324 e. The molecule has 6 nitrogen and oxygen atoms in total. The van der Waals surface area contributed by atoms with Gasteiger partial charge in [-0.1, -0.05) is 27.2 Å². The van der Waals surface area contributed by atoms with Gasteiger partial charge in [-0.3, -0.25) is 9.69 Å². The highest BCUT2D eigenvalue weighted by Crippen LogP contribution is 2.35. The van der Waals surface area contributed by atoms with Crippen LogP contribution in [0.2, 0.25) is 0 Å². The normalized spacial score (nSPS) is 23.0. The second-order valence-electron chi connectivity index (χ2n) is 6.36. The summed E-state index contributed by atoms with van der Waals surface area (Å²) < 4.78 is 1.90. The maximum absolute atomic E-state index is 11.8. The van der Waals surface area contributed by atoms with Crippen molar-refractivity contribution in [1.82, 2.24) is 19.7 Å². The van der Waals surface area contributed by atoms with E-state index in [-0.39, 0.29) is 0 Å². The molecule has 0 aliphatic carbocycles. The molecule has 1 fully saturated rings. The van der Waals surface area contributed by atoms with Crippen molar-refractivity contribution >= 4 is 5.97 Å². The lowest BCUT2D eigenvalue weighted by molar-refractivity contribution is -0.150. The van der Waals surface area contributed by atoms with Crippen molar-refractivity contribution in [1.29, 1.82) is 0 Å². The lowest BCUT2D eigenvalue weighted by Crippen LogP contribution is -2.50. The van der Waals surface area contributed by atoms with E-state index in [9.17, 15) is 9.90 Å². The van der Waals surface area contributed by atoms with E-state index >= 15 is 0 Å². The van der Waals surface area contributed by atoms with Gasteiger partial charge >= 0.3 is 5.97 Å². The van der Waals surface area contributed by atoms with Crippen molar-refractivity contribution in [2.45, 2.75) is 65.1 Å². The highest BCUT2D eigenvalue weighted by molar-refractivity contribution is 5.79. The number of aliphatic carboxylic acids is 1. The Hall–Kier alpha value is -1.43. The van der Waals surface area contributed by atoms with Crippen molar-refractivity contribution < 1.29 is 9.90 Å². The maximum atomic E-state index is 11.8. The van der Waals surface area contributed by atoms with E-state index < -0.39 is 11.5 Å². The molecule has 1 aromatic rings. The molecule has 118 valence electrons. The SMILES string of the molecule is CCCC1(C(=O)O)CCCN1Cc1ncnn1CC(C)C. The summed E-state index contributed by atoms with van der Waals surface area (Å²) in [6, 6.07) is 0. The summed E-state index contributed by atoms with van der Waals surface area (Å²) in [5, 5.41) is 14.0. The topological polar surface area (TPSA) is 71.2 Å². The van der Waals surface area contributed by atoms with Crippen molar-refractivity contribution in [3.8, 4) is 0 Å². The van der Waals surface area contributed by atoms with E-state index in [1.165, 1.54) is 0 Å². The van der Waals surface area contributed by atoms with E-state index in [0.29, 0.717) is 18.9 Å². The molecule has 1 atom stereocenters. The van der Waals surface area contributed by atoms with Gasteiger partial charge in [0.05, 0.1) is 6.54 Å². The Labute approximate surface area is 126 Å². The smallest absolute Gasteiger partial charge is 0.324 e. The minimum Gasteiger partial charge on any atom is -0.480 e. The Morgan fingerprint density at radius 3 is 2.90 bits per heavy atom. The fraction of sp³-hybridized carbons (Fsp3) is 0.800. The standard InChI is InChI=1S/C15H26N4O2/c1-4-6-15(14(20)21)7-5-8-18(15)10-13-16-11-17-19(13)9-12(2)3/h11-12H,4-10H2,1-3H3,(H,20,21). The highest BCUT2D eigenvalue weighted by atomic mass is 16.4. The van der Waals surface area contributed by atoms with Crippen LogP contribution >= 0.6 is 0 Å². The molecule has 2 heterocycles. The summed E-state index contributed by atoms with van der Waals surface area (Å²) >= 11 is 0. The third-order valence-electron chi connectivity index (χ3n) is 4.25. The van der Waals surface area contributed by atoms with E-state index in [1.807, 2.05) is 11.6 Å². The van der Waals surface area contributed by atoms with Gasteiger partial charge in [-0.25, -0.2) is 9.67 Å². The van der Waals surface area contributed by atoms with Crippen LogP contribution in [-0.2, 0) is 17.9 Å². The Balaban J connectivity index is 2.18. The Kier molecular flexibility index (Phi) is 4.98. The van der Waals surface area contributed by atoms with Crippen LogP contribution in [0.3, 0.4) is 0 Å². The number of carbonyl (C=O) groups is 1. The molecule has 1 aromatic heterocycles. The van der Waals surface area contributed by atoms with Crippen LogP contribution in [0.4, 0.5) is 0 Å². The summed E-state index contributed by atoms with van der Waals surface area (Å²) in [6.07, 6.45) is 4.80. The predicted molar refractivity (Wildman–Crippen MR) is 79.8 cm³/mol. The van der Waals surface area contributed by atoms with E-state index in [4.69, 9.17) is 0 Å². The molecule has 0 amide bonds. The fourth-order valence-corrected chi connectivity index (χ4v) is 3.29. The van der Waals surface area contributed by atoms with Gasteiger partial charge in [0.15, 0.2) is 0 Å². The number of nitrogens with zero attached hydrogens (tertiary/aromatic N) is 4. The quantitative estimate of drug-likeness (QED) is 0.834. The summed E-state index contributed by atoms with van der Waals surface area (Å²) in [5.41, 5.74) is -0.719. The van der Waals surface area contributed by atoms with Gasteiger partial charge in [0, 0.05) is 6.54 Å². The summed E-state index contributed by atoms with van der Waals surface area (Å²) in [7, 11) is 0. The minimum absolute atomic E-state index is 0.490. The van der Waals surface area contributed by atoms with Crippen molar-refractivity contribution in [2.75, 3.05) is 6.54 Å². The van der Waals surface area contributed by atoms with Crippen LogP contribution < -0.4 is 0 Å². The van der Waals surface area contributed by atoms with Gasteiger partial charge in [0.1, 0.15) is 17.7 Å². The molecule has 1 aliphatic rings. The second kappa shape index (κ2) is 6.56. The molecule has 0 spiro atoms. The summed E-state index contributed by atoms with van der Waals surface area (Å²) in [6.45, 7) is 8.53. The third-order valence-corrected chi connectivity index (χ3v) is 4.25. The minimum atomic E-state index is -0.719. The fourth-order valence-electron chi connectivity index (χ4n) is 3.29. The van der Waals surface area contributed by atoms with Gasteiger partial charge in [-0.2, -0.15) is 5.10 Å². The lowest BCUT2D eigenvalue weighted by atomic mass is 9.90. The van der Waals surface area contributed by atoms with Crippen molar-refractivity contribution in [3.05, 3.63) is 12.2 Å². The predicted octanol–water partition coefficient (Wildman–Crippen LogP) is 2.15. The summed E-state index contributed by atoms with van der Waals surface area (Å²) in [4.78, 5) is 18.2. The number of rotatable bonds is 7. The first kappa shape index (κ1) is 15.9. The molecule has 1 saturated heterocycles. The van der Waals surface area contributed by atoms with Crippen LogP contribution in [-0.4, -0.2) is 42.8 Å². The zero-order chi connectivity index (χ0) is 15.5. The Morgan fingerprint density at radius 1 is 1.52 bits per heavy atom. The number of hydrogen-bond donors (Lipinski definition) is 1. The molecule has 1 unspecified atom stereocenters. The van der Waals surface area contributed by atoms with E-state index in [1.54, 1.807) is 6.33 Å². The van der Waals surface area contributed by atoms with Crippen molar-refractivity contribution in [2.24, 2.45) is 5.92 Å². The highest BCUT2D eigenvalue weighted by Gasteiger charge is 2.47. The number of likely N-dealkylation sites (tertiary alicyclic amines) is 1. The van der Waals surface area contributed by atoms with Crippen LogP contribution in [0.1, 0.15) is 52.3 Å². The molecular formula is C15H26N4O2. The van der Waals surface area contributed by atoms with Gasteiger partial charge in [0.25, 0.3) is 0 Å². The summed E-state index contributed by atoms with van der Waals surface area (Å²) in [5.74, 6) is 0.660. The Bertz CT molecular complexity index is 486. The molecule has 0 aromatic carbocycles. The van der Waals surface area contributed by atoms with E-state index in [2.05, 4.69) is 28.8 Å². The molecule has 6 heteroatoms.